The topological polar surface area (TPSA) is 67.6 Å². The Kier molecular flexibility index (Phi) is 11.0. The number of anilines is 5. The van der Waals surface area contributed by atoms with Gasteiger partial charge in [0.15, 0.2) is 0 Å². The first-order valence-corrected chi connectivity index (χ1v) is 17.3. The number of fused-ring (bicyclic) bond motifs is 1. The summed E-state index contributed by atoms with van der Waals surface area (Å²) in [6, 6.07) is 46.6. The number of hydrogen-bond acceptors (Lipinski definition) is 4. The zero-order valence-electron chi connectivity index (χ0n) is 28.4. The molecular formula is C45H41N3O2. The number of carboxylic acids is 1. The molecule has 0 bridgehead atoms. The van der Waals surface area contributed by atoms with Crippen LogP contribution in [0.15, 0.2) is 157 Å². The summed E-state index contributed by atoms with van der Waals surface area (Å²) in [6.07, 6.45) is 12.3. The molecule has 0 aliphatic carbocycles. The van der Waals surface area contributed by atoms with E-state index in [0.29, 0.717) is 0 Å². The minimum atomic E-state index is -1.24. The molecule has 1 aliphatic rings. The summed E-state index contributed by atoms with van der Waals surface area (Å²) in [5, 5.41) is 18.5. The van der Waals surface area contributed by atoms with Crippen LogP contribution in [0.25, 0.3) is 5.57 Å². The first kappa shape index (κ1) is 33.8. The number of nitrogens with zero attached hydrogens (tertiary/aromatic N) is 3. The molecule has 0 saturated heterocycles. The lowest BCUT2D eigenvalue weighted by molar-refractivity contribution is -0.132. The first-order valence-electron chi connectivity index (χ1n) is 17.3. The maximum absolute atomic E-state index is 11.4. The summed E-state index contributed by atoms with van der Waals surface area (Å²) >= 11 is 0. The summed E-state index contributed by atoms with van der Waals surface area (Å²) in [4.78, 5) is 16.0. The van der Waals surface area contributed by atoms with Gasteiger partial charge in [-0.2, -0.15) is 5.26 Å². The molecule has 6 rings (SSSR count). The SMILES string of the molecule is CCCCc1ccc(N2CCCc3cc(C(=CC=CC=C(C#N)C(=O)O)c4ccc(N(c5ccccc5)c5ccccc5)cc4)ccc32)cc1. The smallest absolute Gasteiger partial charge is 0.346 e. The lowest BCUT2D eigenvalue weighted by Crippen LogP contribution is -2.24. The number of rotatable bonds is 12. The lowest BCUT2D eigenvalue weighted by Gasteiger charge is -2.32. The van der Waals surface area contributed by atoms with Crippen molar-refractivity contribution in [1.29, 1.82) is 5.26 Å². The van der Waals surface area contributed by atoms with Crippen molar-refractivity contribution in [2.45, 2.75) is 39.0 Å². The fraction of sp³-hybridized carbons (Fsp3) is 0.156. The number of carboxylic acid groups (broad SMARTS) is 1. The van der Waals surface area contributed by atoms with Gasteiger partial charge < -0.3 is 14.9 Å². The number of unbranched alkanes of at least 4 members (excludes halogenated alkanes) is 1. The Morgan fingerprint density at radius 2 is 1.42 bits per heavy atom. The number of aliphatic carboxylic acids is 1. The molecule has 50 heavy (non-hydrogen) atoms. The predicted octanol–water partition coefficient (Wildman–Crippen LogP) is 11.1. The van der Waals surface area contributed by atoms with Crippen molar-refractivity contribution in [2.24, 2.45) is 0 Å². The molecule has 0 unspecified atom stereocenters. The second kappa shape index (κ2) is 16.3. The Hall–Kier alpha value is -6.12. The van der Waals surface area contributed by atoms with Crippen molar-refractivity contribution in [2.75, 3.05) is 16.3 Å². The molecule has 0 saturated carbocycles. The van der Waals surface area contributed by atoms with Crippen molar-refractivity contribution >= 4 is 40.0 Å². The van der Waals surface area contributed by atoms with Crippen molar-refractivity contribution in [3.8, 4) is 6.07 Å². The highest BCUT2D eigenvalue weighted by molar-refractivity contribution is 5.91. The van der Waals surface area contributed by atoms with Crippen molar-refractivity contribution < 1.29 is 9.90 Å². The highest BCUT2D eigenvalue weighted by Gasteiger charge is 2.20. The van der Waals surface area contributed by atoms with Gasteiger partial charge in [0.25, 0.3) is 0 Å². The van der Waals surface area contributed by atoms with Crippen LogP contribution >= 0.6 is 0 Å². The third kappa shape index (κ3) is 7.94. The molecule has 0 spiro atoms. The van der Waals surface area contributed by atoms with Crippen molar-refractivity contribution in [3.63, 3.8) is 0 Å². The summed E-state index contributed by atoms with van der Waals surface area (Å²) in [6.45, 7) is 3.20. The van der Waals surface area contributed by atoms with Gasteiger partial charge in [-0.05, 0) is 120 Å². The van der Waals surface area contributed by atoms with Crippen LogP contribution in [0.5, 0.6) is 0 Å². The van der Waals surface area contributed by atoms with Gasteiger partial charge in [0.05, 0.1) is 0 Å². The quantitative estimate of drug-likeness (QED) is 0.0823. The molecule has 1 heterocycles. The number of para-hydroxylation sites is 2. The second-order valence-electron chi connectivity index (χ2n) is 12.4. The van der Waals surface area contributed by atoms with Gasteiger partial charge in [-0.3, -0.25) is 0 Å². The van der Waals surface area contributed by atoms with Crippen LogP contribution < -0.4 is 9.80 Å². The van der Waals surface area contributed by atoms with Crippen molar-refractivity contribution in [1.82, 2.24) is 0 Å². The molecule has 1 aliphatic heterocycles. The van der Waals surface area contributed by atoms with E-state index in [-0.39, 0.29) is 5.57 Å². The van der Waals surface area contributed by atoms with E-state index in [0.717, 1.165) is 59.6 Å². The van der Waals surface area contributed by atoms with Gasteiger partial charge in [-0.1, -0.05) is 98.3 Å². The Morgan fingerprint density at radius 1 is 0.800 bits per heavy atom. The van der Waals surface area contributed by atoms with E-state index in [2.05, 4.69) is 108 Å². The van der Waals surface area contributed by atoms with E-state index >= 15 is 0 Å². The molecular weight excluding hydrogens is 615 g/mol. The van der Waals surface area contributed by atoms with Crippen LogP contribution in [-0.4, -0.2) is 17.6 Å². The summed E-state index contributed by atoms with van der Waals surface area (Å²) in [5.74, 6) is -1.24. The van der Waals surface area contributed by atoms with Crippen LogP contribution in [0.3, 0.4) is 0 Å². The maximum Gasteiger partial charge on any atom is 0.346 e. The molecule has 0 fully saturated rings. The normalized spacial score (nSPS) is 13.2. The number of benzene rings is 5. The number of nitriles is 1. The second-order valence-corrected chi connectivity index (χ2v) is 12.4. The van der Waals surface area contributed by atoms with E-state index in [1.807, 2.05) is 42.5 Å². The molecule has 0 amide bonds. The van der Waals surface area contributed by atoms with Crippen LogP contribution in [0.2, 0.25) is 0 Å². The largest absolute Gasteiger partial charge is 0.477 e. The van der Waals surface area contributed by atoms with Gasteiger partial charge in [-0.15, -0.1) is 0 Å². The van der Waals surface area contributed by atoms with Gasteiger partial charge in [0, 0.05) is 35.0 Å². The minimum absolute atomic E-state index is 0.310. The zero-order valence-corrected chi connectivity index (χ0v) is 28.4. The Labute approximate surface area is 295 Å². The van der Waals surface area contributed by atoms with Crippen molar-refractivity contribution in [3.05, 3.63) is 180 Å². The number of aryl methyl sites for hydroxylation is 2. The molecule has 0 radical (unpaired) electrons. The Bertz CT molecular complexity index is 2000. The van der Waals surface area contributed by atoms with Gasteiger partial charge in [0.1, 0.15) is 11.6 Å². The lowest BCUT2D eigenvalue weighted by atomic mass is 9.92. The van der Waals surface area contributed by atoms with E-state index in [1.165, 1.54) is 41.4 Å². The zero-order chi connectivity index (χ0) is 34.7. The molecule has 5 nitrogen and oxygen atoms in total. The standard InChI is InChI=1S/C45H41N3O2/c1-2-3-13-34-21-26-39(27-22-34)47-31-12-15-37-32-36(25-30-44(37)47)43(20-11-10-14-38(33-46)45(49)50)35-23-28-42(29-24-35)48(40-16-6-4-7-17-40)41-18-8-5-9-19-41/h4-11,14,16-30,32H,2-3,12-13,15,31H2,1H3,(H,49,50). The summed E-state index contributed by atoms with van der Waals surface area (Å²) < 4.78 is 0. The summed E-state index contributed by atoms with van der Waals surface area (Å²) in [7, 11) is 0. The van der Waals surface area contributed by atoms with Gasteiger partial charge >= 0.3 is 5.97 Å². The van der Waals surface area contributed by atoms with Crippen LogP contribution in [0, 0.1) is 11.3 Å². The third-order valence-electron chi connectivity index (χ3n) is 9.03. The Balaban J connectivity index is 1.36. The highest BCUT2D eigenvalue weighted by atomic mass is 16.4. The average molecular weight is 656 g/mol. The third-order valence-corrected chi connectivity index (χ3v) is 9.03. The number of carbonyl (C=O) groups is 1. The van der Waals surface area contributed by atoms with E-state index < -0.39 is 5.97 Å². The van der Waals surface area contributed by atoms with Gasteiger partial charge in [0.2, 0.25) is 0 Å². The molecule has 0 aromatic heterocycles. The van der Waals surface area contributed by atoms with E-state index in [9.17, 15) is 15.2 Å². The number of allylic oxidation sites excluding steroid dienone is 4. The fourth-order valence-electron chi connectivity index (χ4n) is 6.47. The molecule has 248 valence electrons. The monoisotopic (exact) mass is 655 g/mol. The van der Waals surface area contributed by atoms with E-state index in [1.54, 1.807) is 18.2 Å². The van der Waals surface area contributed by atoms with Crippen LogP contribution in [0.1, 0.15) is 48.4 Å². The summed E-state index contributed by atoms with van der Waals surface area (Å²) in [5.41, 5.74) is 11.1. The highest BCUT2D eigenvalue weighted by Crippen LogP contribution is 2.38. The van der Waals surface area contributed by atoms with Gasteiger partial charge in [-0.25, -0.2) is 4.79 Å². The average Bonchev–Trinajstić information content (AvgIpc) is 3.16. The molecule has 5 aromatic carbocycles. The van der Waals surface area contributed by atoms with Crippen LogP contribution in [0.4, 0.5) is 28.4 Å². The molecule has 0 atom stereocenters. The van der Waals surface area contributed by atoms with E-state index in [4.69, 9.17) is 0 Å². The molecule has 5 heteroatoms. The fourth-order valence-corrected chi connectivity index (χ4v) is 6.47. The molecule has 5 aromatic rings. The Morgan fingerprint density at radius 3 is 2.04 bits per heavy atom. The molecule has 1 N–H and O–H groups in total. The van der Waals surface area contributed by atoms with Crippen LogP contribution in [-0.2, 0) is 17.6 Å². The number of hydrogen-bond donors (Lipinski definition) is 1. The maximum atomic E-state index is 11.4. The first-order chi connectivity index (χ1) is 24.6. The predicted molar refractivity (Wildman–Crippen MR) is 205 cm³/mol. The minimum Gasteiger partial charge on any atom is -0.477 e.